The van der Waals surface area contributed by atoms with Crippen LogP contribution < -0.4 is 0 Å². The summed E-state index contributed by atoms with van der Waals surface area (Å²) in [5.41, 5.74) is 3.18. The summed E-state index contributed by atoms with van der Waals surface area (Å²) in [6.45, 7) is 28.8. The number of hydrogen-bond donors (Lipinski definition) is 0. The van der Waals surface area contributed by atoms with Crippen LogP contribution in [0.15, 0.2) is 11.6 Å². The number of hydrogen-bond acceptors (Lipinski definition) is 0. The van der Waals surface area contributed by atoms with Crippen molar-refractivity contribution in [1.29, 1.82) is 0 Å². The molecular formula is C36H51O3Re. The zero-order chi connectivity index (χ0) is 29.4. The molecule has 0 N–H and O–H groups in total. The smallest absolute Gasteiger partial charge is 0 e. The molecule has 220 valence electrons. The predicted octanol–water partition coefficient (Wildman–Crippen LogP) is 9.32. The largest absolute Gasteiger partial charge is 0 e. The maximum absolute atomic E-state index is 7.50. The quantitative estimate of drug-likeness (QED) is 0.149. The SMILES string of the molecule is CC(C)CCC[C@@H](C)[C@H]1CC[C@H]2[C@@H]3CCC4=C[C@@](C)([C]5[CH][CH][CH][CH]5)CC[C@]4(C)[C@H]3CC[C@]12C.[C-]#[O+].[C-]#[O+].[C-]#[O+].[Re]. The van der Waals surface area contributed by atoms with Crippen molar-refractivity contribution >= 4 is 0 Å². The van der Waals surface area contributed by atoms with Crippen LogP contribution in [0.2, 0.25) is 0 Å². The average molecular weight is 718 g/mol. The Balaban J connectivity index is 0.00000107. The summed E-state index contributed by atoms with van der Waals surface area (Å²) in [7, 11) is 0. The second kappa shape index (κ2) is 16.5. The molecule has 0 spiro atoms. The van der Waals surface area contributed by atoms with Crippen LogP contribution in [0.25, 0.3) is 0 Å². The third kappa shape index (κ3) is 7.39. The van der Waals surface area contributed by atoms with Crippen molar-refractivity contribution in [3.8, 4) is 0 Å². The Bertz CT molecular complexity index is 853. The van der Waals surface area contributed by atoms with Gasteiger partial charge in [0.2, 0.25) is 0 Å². The van der Waals surface area contributed by atoms with E-state index >= 15 is 0 Å². The third-order valence-corrected chi connectivity index (χ3v) is 11.9. The summed E-state index contributed by atoms with van der Waals surface area (Å²) in [5, 5.41) is 0. The molecule has 3 nitrogen and oxygen atoms in total. The molecule has 0 unspecified atom stereocenters. The van der Waals surface area contributed by atoms with E-state index in [1.807, 2.05) is 5.57 Å². The van der Waals surface area contributed by atoms with Gasteiger partial charge in [0.05, 0.1) is 0 Å². The van der Waals surface area contributed by atoms with E-state index in [0.29, 0.717) is 10.8 Å². The number of allylic oxidation sites excluding steroid dienone is 2. The number of rotatable bonds is 6. The molecule has 5 rings (SSSR count). The van der Waals surface area contributed by atoms with Crippen LogP contribution in [0.4, 0.5) is 0 Å². The monoisotopic (exact) mass is 718 g/mol. The number of fused-ring (bicyclic) bond motifs is 5. The molecular weight excluding hydrogens is 667 g/mol. The van der Waals surface area contributed by atoms with Crippen molar-refractivity contribution in [2.45, 2.75) is 112 Å². The molecule has 0 amide bonds. The standard InChI is InChI=1S/C33H51.3CO.Re/c1-23(2)10-9-11-24(3)28-16-17-29-27-15-14-26-22-31(4,25-12-7-8-13-25)20-21-32(26,5)30(27)18-19-33(28,29)6;3*1-2;/h7-8,12-13,22-24,27-30H,9-11,14-21H2,1-6H3;;;;/t24-,27+,28-,29+,30+,31+,32+,33-;;;;/m1..../s1. The first-order valence-electron chi connectivity index (χ1n) is 15.2. The van der Waals surface area contributed by atoms with E-state index in [1.54, 1.807) is 5.92 Å². The van der Waals surface area contributed by atoms with Gasteiger partial charge in [-0.2, -0.15) is 0 Å². The fourth-order valence-corrected chi connectivity index (χ4v) is 9.89. The van der Waals surface area contributed by atoms with Gasteiger partial charge in [-0.05, 0) is 135 Å². The van der Waals surface area contributed by atoms with Crippen LogP contribution in [0.5, 0.6) is 0 Å². The Kier molecular flexibility index (Phi) is 15.5. The molecule has 4 saturated carbocycles. The molecule has 0 aromatic heterocycles. The van der Waals surface area contributed by atoms with Crippen molar-refractivity contribution in [2.24, 2.45) is 51.8 Å². The zero-order valence-electron chi connectivity index (χ0n) is 25.7. The van der Waals surface area contributed by atoms with Crippen molar-refractivity contribution in [3.63, 3.8) is 0 Å². The van der Waals surface area contributed by atoms with Crippen LogP contribution in [-0.4, -0.2) is 0 Å². The molecule has 0 saturated heterocycles. The minimum absolute atomic E-state index is 0. The average Bonchev–Trinajstić information content (AvgIpc) is 3.61. The van der Waals surface area contributed by atoms with E-state index in [4.69, 9.17) is 14.0 Å². The van der Waals surface area contributed by atoms with Gasteiger partial charge in [-0.1, -0.05) is 72.5 Å². The molecule has 40 heavy (non-hydrogen) atoms. The predicted molar refractivity (Wildman–Crippen MR) is 153 cm³/mol. The Labute approximate surface area is 260 Å². The summed E-state index contributed by atoms with van der Waals surface area (Å²) in [5.74, 6) is 7.23. The van der Waals surface area contributed by atoms with E-state index in [1.165, 1.54) is 70.6 Å². The summed E-state index contributed by atoms with van der Waals surface area (Å²) in [6.07, 6.45) is 27.9. The van der Waals surface area contributed by atoms with Gasteiger partial charge in [0.15, 0.2) is 0 Å². The van der Waals surface area contributed by atoms with Gasteiger partial charge in [-0.15, -0.1) is 0 Å². The van der Waals surface area contributed by atoms with Gasteiger partial charge >= 0.3 is 33.9 Å². The second-order valence-corrected chi connectivity index (χ2v) is 14.1. The first-order chi connectivity index (χ1) is 18.7. The fraction of sp³-hybridized carbons (Fsp3) is 0.722. The molecule has 6 radical (unpaired) electrons. The summed E-state index contributed by atoms with van der Waals surface area (Å²) < 4.78 is 22.5. The molecule has 0 heterocycles. The van der Waals surface area contributed by atoms with Gasteiger partial charge in [-0.3, -0.25) is 0 Å². The summed E-state index contributed by atoms with van der Waals surface area (Å²) >= 11 is 0. The van der Waals surface area contributed by atoms with E-state index in [9.17, 15) is 0 Å². The molecule has 4 fully saturated rings. The van der Waals surface area contributed by atoms with Gasteiger partial charge in [0.25, 0.3) is 0 Å². The fourth-order valence-electron chi connectivity index (χ4n) is 9.89. The first-order valence-corrected chi connectivity index (χ1v) is 15.2. The van der Waals surface area contributed by atoms with Gasteiger partial charge in [0, 0.05) is 20.4 Å². The Morgan fingerprint density at radius 1 is 0.800 bits per heavy atom. The van der Waals surface area contributed by atoms with Crippen LogP contribution in [-0.2, 0) is 34.4 Å². The van der Waals surface area contributed by atoms with Crippen LogP contribution in [0, 0.1) is 103 Å². The Morgan fingerprint density at radius 3 is 2.02 bits per heavy atom. The van der Waals surface area contributed by atoms with Crippen molar-refractivity contribution in [1.82, 2.24) is 0 Å². The van der Waals surface area contributed by atoms with Gasteiger partial charge in [0.1, 0.15) is 0 Å². The van der Waals surface area contributed by atoms with Gasteiger partial charge < -0.3 is 0 Å². The van der Waals surface area contributed by atoms with Crippen LogP contribution in [0.1, 0.15) is 112 Å². The van der Waals surface area contributed by atoms with Crippen molar-refractivity contribution in [3.05, 3.63) is 63.2 Å². The van der Waals surface area contributed by atoms with Crippen LogP contribution in [0.3, 0.4) is 0 Å². The van der Waals surface area contributed by atoms with E-state index in [0.717, 1.165) is 35.5 Å². The summed E-state index contributed by atoms with van der Waals surface area (Å²) in [4.78, 5) is 0. The minimum atomic E-state index is 0. The maximum atomic E-state index is 7.50. The van der Waals surface area contributed by atoms with Crippen molar-refractivity contribution in [2.75, 3.05) is 0 Å². The molecule has 0 aromatic carbocycles. The van der Waals surface area contributed by atoms with Crippen LogP contribution >= 0.6 is 0 Å². The van der Waals surface area contributed by atoms with E-state index in [-0.39, 0.29) is 25.8 Å². The Hall–Kier alpha value is -0.378. The third-order valence-electron chi connectivity index (χ3n) is 11.9. The van der Waals surface area contributed by atoms with E-state index < -0.39 is 0 Å². The molecule has 4 heteroatoms. The van der Waals surface area contributed by atoms with Gasteiger partial charge in [-0.25, -0.2) is 0 Å². The molecule has 0 aromatic rings. The topological polar surface area (TPSA) is 59.7 Å². The zero-order valence-corrected chi connectivity index (χ0v) is 28.4. The molecule has 0 aliphatic heterocycles. The second-order valence-electron chi connectivity index (χ2n) is 14.1. The maximum Gasteiger partial charge on any atom is 0 e. The molecule has 8 atom stereocenters. The molecule has 5 aliphatic rings. The minimum Gasteiger partial charge on any atom is 0 e. The summed E-state index contributed by atoms with van der Waals surface area (Å²) in [6, 6.07) is 0. The Morgan fingerprint density at radius 2 is 1.43 bits per heavy atom. The molecule has 5 aliphatic carbocycles. The normalized spacial score (nSPS) is 38.6. The van der Waals surface area contributed by atoms with E-state index in [2.05, 4.69) is 93.3 Å². The van der Waals surface area contributed by atoms with Crippen molar-refractivity contribution < 1.29 is 34.4 Å². The molecule has 0 bridgehead atoms. The first kappa shape index (κ1) is 37.6.